The summed E-state index contributed by atoms with van der Waals surface area (Å²) in [5.74, 6) is 1.60. The average Bonchev–Trinajstić information content (AvgIpc) is 2.68. The molecule has 2 aromatic rings. The molecule has 2 aromatic heterocycles. The van der Waals surface area contributed by atoms with E-state index in [4.69, 9.17) is 4.52 Å². The number of hydrogen-bond acceptors (Lipinski definition) is 5. The Labute approximate surface area is 87.1 Å². The van der Waals surface area contributed by atoms with Crippen LogP contribution in [-0.2, 0) is 6.42 Å². The summed E-state index contributed by atoms with van der Waals surface area (Å²) in [5, 5.41) is 10.2. The summed E-state index contributed by atoms with van der Waals surface area (Å²) in [7, 11) is 0. The Morgan fingerprint density at radius 2 is 2.20 bits per heavy atom. The number of aromatic amines is 1. The van der Waals surface area contributed by atoms with Crippen LogP contribution < -0.4 is 0 Å². The van der Waals surface area contributed by atoms with Crippen LogP contribution in [0.3, 0.4) is 0 Å². The van der Waals surface area contributed by atoms with Crippen LogP contribution in [0.1, 0.15) is 26.7 Å². The fourth-order valence-corrected chi connectivity index (χ4v) is 1.19. The third kappa shape index (κ3) is 2.39. The van der Waals surface area contributed by atoms with Gasteiger partial charge < -0.3 is 4.52 Å². The van der Waals surface area contributed by atoms with E-state index in [1.54, 1.807) is 0 Å². The van der Waals surface area contributed by atoms with Crippen LogP contribution in [0.2, 0.25) is 0 Å². The largest absolute Gasteiger partial charge is 0.339 e. The van der Waals surface area contributed by atoms with Crippen LogP contribution in [0.4, 0.5) is 0 Å². The van der Waals surface area contributed by atoms with Gasteiger partial charge in [-0.1, -0.05) is 25.9 Å². The van der Waals surface area contributed by atoms with Crippen molar-refractivity contribution in [2.45, 2.75) is 27.2 Å². The predicted molar refractivity (Wildman–Crippen MR) is 52.8 cm³/mol. The van der Waals surface area contributed by atoms with E-state index < -0.39 is 0 Å². The van der Waals surface area contributed by atoms with E-state index >= 15 is 0 Å². The van der Waals surface area contributed by atoms with E-state index in [1.165, 1.54) is 6.33 Å². The van der Waals surface area contributed by atoms with Gasteiger partial charge in [0.1, 0.15) is 6.33 Å². The van der Waals surface area contributed by atoms with Gasteiger partial charge in [0.25, 0.3) is 0 Å². The molecular formula is C9H13N5O. The molecule has 0 aliphatic carbocycles. The van der Waals surface area contributed by atoms with Gasteiger partial charge in [0.15, 0.2) is 5.82 Å². The van der Waals surface area contributed by atoms with Crippen molar-refractivity contribution in [1.29, 1.82) is 0 Å². The summed E-state index contributed by atoms with van der Waals surface area (Å²) < 4.78 is 5.12. The molecule has 0 aliphatic heterocycles. The zero-order valence-electron chi connectivity index (χ0n) is 8.98. The van der Waals surface area contributed by atoms with E-state index in [2.05, 4.69) is 46.1 Å². The summed E-state index contributed by atoms with van der Waals surface area (Å²) in [5.41, 5.74) is 0.130. The second-order valence-electron chi connectivity index (χ2n) is 4.58. The molecule has 2 heterocycles. The molecule has 0 atom stereocenters. The van der Waals surface area contributed by atoms with Gasteiger partial charge in [0.2, 0.25) is 11.7 Å². The third-order valence-corrected chi connectivity index (χ3v) is 1.78. The van der Waals surface area contributed by atoms with Gasteiger partial charge in [-0.05, 0) is 5.41 Å². The van der Waals surface area contributed by atoms with E-state index in [9.17, 15) is 0 Å². The minimum Gasteiger partial charge on any atom is -0.339 e. The molecule has 0 saturated heterocycles. The Hall–Kier alpha value is -1.72. The molecule has 0 radical (unpaired) electrons. The topological polar surface area (TPSA) is 80.5 Å². The number of hydrogen-bond donors (Lipinski definition) is 1. The smallest absolute Gasteiger partial charge is 0.239 e. The Kier molecular flexibility index (Phi) is 2.26. The standard InChI is InChI=1S/C9H13N5O/c1-9(2,3)4-6-12-8(14-15-6)7-10-5-11-13-7/h5H,4H2,1-3H3,(H,10,11,13). The number of aromatic nitrogens is 5. The molecule has 0 unspecified atom stereocenters. The first-order valence-electron chi connectivity index (χ1n) is 4.73. The van der Waals surface area contributed by atoms with Crippen molar-refractivity contribution in [3.8, 4) is 11.6 Å². The summed E-state index contributed by atoms with van der Waals surface area (Å²) in [6, 6.07) is 0. The average molecular weight is 207 g/mol. The lowest BCUT2D eigenvalue weighted by Gasteiger charge is -2.13. The van der Waals surface area contributed by atoms with E-state index in [0.29, 0.717) is 17.5 Å². The number of rotatable bonds is 2. The molecule has 0 bridgehead atoms. The van der Waals surface area contributed by atoms with Crippen molar-refractivity contribution >= 4 is 0 Å². The molecule has 0 spiro atoms. The molecule has 0 amide bonds. The normalized spacial score (nSPS) is 11.9. The lowest BCUT2D eigenvalue weighted by Crippen LogP contribution is -2.09. The summed E-state index contributed by atoms with van der Waals surface area (Å²) in [6.07, 6.45) is 2.16. The monoisotopic (exact) mass is 207 g/mol. The Balaban J connectivity index is 2.18. The SMILES string of the molecule is CC(C)(C)Cc1nc(-c2ncn[nH]2)no1. The highest BCUT2D eigenvalue weighted by atomic mass is 16.5. The van der Waals surface area contributed by atoms with Crippen LogP contribution in [0.15, 0.2) is 10.9 Å². The molecule has 2 rings (SSSR count). The van der Waals surface area contributed by atoms with Gasteiger partial charge >= 0.3 is 0 Å². The Morgan fingerprint density at radius 1 is 1.40 bits per heavy atom. The first-order valence-corrected chi connectivity index (χ1v) is 4.73. The molecule has 1 N–H and O–H groups in total. The summed E-state index contributed by atoms with van der Waals surface area (Å²) in [4.78, 5) is 8.17. The van der Waals surface area contributed by atoms with Crippen molar-refractivity contribution < 1.29 is 4.52 Å². The summed E-state index contributed by atoms with van der Waals surface area (Å²) in [6.45, 7) is 6.35. The maximum absolute atomic E-state index is 5.12. The second kappa shape index (κ2) is 3.45. The van der Waals surface area contributed by atoms with Crippen LogP contribution in [0.25, 0.3) is 11.6 Å². The quantitative estimate of drug-likeness (QED) is 0.805. The van der Waals surface area contributed by atoms with Gasteiger partial charge in [-0.15, -0.1) is 0 Å². The highest BCUT2D eigenvalue weighted by Gasteiger charge is 2.17. The minimum atomic E-state index is 0.130. The highest BCUT2D eigenvalue weighted by Crippen LogP contribution is 2.20. The first kappa shape index (κ1) is 9.82. The molecule has 0 saturated carbocycles. The fraction of sp³-hybridized carbons (Fsp3) is 0.556. The van der Waals surface area contributed by atoms with Gasteiger partial charge in [-0.2, -0.15) is 10.1 Å². The zero-order valence-corrected chi connectivity index (χ0v) is 8.98. The highest BCUT2D eigenvalue weighted by molar-refractivity contribution is 5.39. The van der Waals surface area contributed by atoms with Crippen LogP contribution in [0.5, 0.6) is 0 Å². The maximum atomic E-state index is 5.12. The molecule has 15 heavy (non-hydrogen) atoms. The molecule has 6 nitrogen and oxygen atoms in total. The van der Waals surface area contributed by atoms with Crippen molar-refractivity contribution in [2.75, 3.05) is 0 Å². The number of nitrogens with one attached hydrogen (secondary N) is 1. The Bertz CT molecular complexity index is 426. The van der Waals surface area contributed by atoms with Crippen LogP contribution in [0, 0.1) is 5.41 Å². The molecule has 0 fully saturated rings. The van der Waals surface area contributed by atoms with E-state index in [-0.39, 0.29) is 5.41 Å². The van der Waals surface area contributed by atoms with Crippen molar-refractivity contribution in [1.82, 2.24) is 25.3 Å². The summed E-state index contributed by atoms with van der Waals surface area (Å²) >= 11 is 0. The lowest BCUT2D eigenvalue weighted by molar-refractivity contribution is 0.314. The molecular weight excluding hydrogens is 194 g/mol. The fourth-order valence-electron chi connectivity index (χ4n) is 1.19. The second-order valence-corrected chi connectivity index (χ2v) is 4.58. The van der Waals surface area contributed by atoms with Gasteiger partial charge in [0.05, 0.1) is 0 Å². The van der Waals surface area contributed by atoms with Crippen molar-refractivity contribution in [2.24, 2.45) is 5.41 Å². The molecule has 0 aromatic carbocycles. The molecule has 80 valence electrons. The van der Waals surface area contributed by atoms with E-state index in [0.717, 1.165) is 6.42 Å². The van der Waals surface area contributed by atoms with E-state index in [1.807, 2.05) is 0 Å². The third-order valence-electron chi connectivity index (χ3n) is 1.78. The lowest BCUT2D eigenvalue weighted by atomic mass is 9.92. The van der Waals surface area contributed by atoms with Crippen molar-refractivity contribution in [3.05, 3.63) is 12.2 Å². The van der Waals surface area contributed by atoms with Gasteiger partial charge in [0, 0.05) is 6.42 Å². The number of H-pyrrole nitrogens is 1. The zero-order chi connectivity index (χ0) is 10.9. The van der Waals surface area contributed by atoms with Gasteiger partial charge in [-0.25, -0.2) is 4.98 Å². The first-order chi connectivity index (χ1) is 7.04. The minimum absolute atomic E-state index is 0.130. The Morgan fingerprint density at radius 3 is 2.80 bits per heavy atom. The van der Waals surface area contributed by atoms with Gasteiger partial charge in [-0.3, -0.25) is 5.10 Å². The van der Waals surface area contributed by atoms with Crippen LogP contribution >= 0.6 is 0 Å². The maximum Gasteiger partial charge on any atom is 0.239 e. The molecule has 0 aliphatic rings. The molecule has 6 heteroatoms. The van der Waals surface area contributed by atoms with Crippen LogP contribution in [-0.4, -0.2) is 25.3 Å². The number of nitrogens with zero attached hydrogens (tertiary/aromatic N) is 4. The van der Waals surface area contributed by atoms with Crippen molar-refractivity contribution in [3.63, 3.8) is 0 Å². The predicted octanol–water partition coefficient (Wildman–Crippen LogP) is 1.44.